The van der Waals surface area contributed by atoms with Gasteiger partial charge in [0.05, 0.1) is 0 Å². The SMILES string of the molecule is CC(NCCCCN(C)C(C)C)c1ccc2c(c1)CCC2. The van der Waals surface area contributed by atoms with Gasteiger partial charge in [-0.15, -0.1) is 0 Å². The van der Waals surface area contributed by atoms with Crippen molar-refractivity contribution >= 4 is 0 Å². The zero-order valence-electron chi connectivity index (χ0n) is 14.3. The molecule has 21 heavy (non-hydrogen) atoms. The van der Waals surface area contributed by atoms with Crippen molar-refractivity contribution in [1.82, 2.24) is 10.2 Å². The number of unbranched alkanes of at least 4 members (excludes halogenated alkanes) is 1. The molecule has 0 spiro atoms. The van der Waals surface area contributed by atoms with Gasteiger partial charge >= 0.3 is 0 Å². The van der Waals surface area contributed by atoms with Gasteiger partial charge in [-0.3, -0.25) is 0 Å². The first-order chi connectivity index (χ1) is 10.1. The topological polar surface area (TPSA) is 15.3 Å². The molecule has 0 aromatic heterocycles. The van der Waals surface area contributed by atoms with Crippen molar-refractivity contribution < 1.29 is 0 Å². The second-order valence-electron chi connectivity index (χ2n) is 6.84. The van der Waals surface area contributed by atoms with E-state index in [0.717, 1.165) is 6.54 Å². The molecule has 2 rings (SSSR count). The largest absolute Gasteiger partial charge is 0.310 e. The van der Waals surface area contributed by atoms with E-state index in [4.69, 9.17) is 0 Å². The zero-order valence-corrected chi connectivity index (χ0v) is 14.3. The third-order valence-electron chi connectivity index (χ3n) is 4.89. The fourth-order valence-corrected chi connectivity index (χ4v) is 3.04. The standard InChI is InChI=1S/C19H32N2/c1-15(2)21(4)13-6-5-12-20-16(3)18-11-10-17-8-7-9-19(17)14-18/h10-11,14-16,20H,5-9,12-13H2,1-4H3. The molecule has 0 bridgehead atoms. The van der Waals surface area contributed by atoms with Crippen molar-refractivity contribution in [1.29, 1.82) is 0 Å². The van der Waals surface area contributed by atoms with Crippen molar-refractivity contribution in [2.45, 2.75) is 65.0 Å². The van der Waals surface area contributed by atoms with Gasteiger partial charge in [0, 0.05) is 12.1 Å². The number of rotatable bonds is 8. The minimum atomic E-state index is 0.471. The van der Waals surface area contributed by atoms with Crippen molar-refractivity contribution in [3.63, 3.8) is 0 Å². The molecule has 0 fully saturated rings. The number of nitrogens with one attached hydrogen (secondary N) is 1. The molecule has 0 saturated heterocycles. The molecule has 1 aromatic carbocycles. The average Bonchev–Trinajstić information content (AvgIpc) is 2.93. The maximum Gasteiger partial charge on any atom is 0.0291 e. The van der Waals surface area contributed by atoms with Crippen molar-refractivity contribution in [3.05, 3.63) is 34.9 Å². The van der Waals surface area contributed by atoms with Crippen LogP contribution in [0, 0.1) is 0 Å². The second kappa shape index (κ2) is 7.95. The Kier molecular flexibility index (Phi) is 6.25. The Morgan fingerprint density at radius 2 is 1.86 bits per heavy atom. The summed E-state index contributed by atoms with van der Waals surface area (Å²) in [6.07, 6.45) is 6.42. The average molecular weight is 288 g/mol. The Balaban J connectivity index is 1.69. The summed E-state index contributed by atoms with van der Waals surface area (Å²) in [6.45, 7) is 9.12. The number of hydrogen-bond acceptors (Lipinski definition) is 2. The summed E-state index contributed by atoms with van der Waals surface area (Å²) < 4.78 is 0. The normalized spacial score (nSPS) is 15.7. The molecular weight excluding hydrogens is 256 g/mol. The summed E-state index contributed by atoms with van der Waals surface area (Å²) >= 11 is 0. The molecular formula is C19H32N2. The Labute approximate surface area is 130 Å². The van der Waals surface area contributed by atoms with Crippen LogP contribution < -0.4 is 5.32 Å². The summed E-state index contributed by atoms with van der Waals surface area (Å²) in [5.41, 5.74) is 4.61. The van der Waals surface area contributed by atoms with Gasteiger partial charge in [0.2, 0.25) is 0 Å². The molecule has 0 amide bonds. The van der Waals surface area contributed by atoms with Crippen LogP contribution in [0.15, 0.2) is 18.2 Å². The van der Waals surface area contributed by atoms with E-state index in [-0.39, 0.29) is 0 Å². The highest BCUT2D eigenvalue weighted by molar-refractivity contribution is 5.36. The van der Waals surface area contributed by atoms with E-state index in [9.17, 15) is 0 Å². The lowest BCUT2D eigenvalue weighted by Crippen LogP contribution is -2.28. The van der Waals surface area contributed by atoms with Crippen LogP contribution in [0.3, 0.4) is 0 Å². The van der Waals surface area contributed by atoms with Crippen LogP contribution in [0.4, 0.5) is 0 Å². The number of hydrogen-bond donors (Lipinski definition) is 1. The number of nitrogens with zero attached hydrogens (tertiary/aromatic N) is 1. The molecule has 0 aliphatic heterocycles. The van der Waals surface area contributed by atoms with E-state index in [1.807, 2.05) is 0 Å². The van der Waals surface area contributed by atoms with Gasteiger partial charge < -0.3 is 10.2 Å². The van der Waals surface area contributed by atoms with E-state index in [1.165, 1.54) is 44.2 Å². The lowest BCUT2D eigenvalue weighted by atomic mass is 10.0. The fourth-order valence-electron chi connectivity index (χ4n) is 3.04. The van der Waals surface area contributed by atoms with Gasteiger partial charge in [-0.2, -0.15) is 0 Å². The van der Waals surface area contributed by atoms with Crippen LogP contribution >= 0.6 is 0 Å². The maximum absolute atomic E-state index is 3.67. The number of aryl methyl sites for hydroxylation is 2. The van der Waals surface area contributed by atoms with Crippen LogP contribution in [-0.4, -0.2) is 31.1 Å². The molecule has 1 aliphatic rings. The molecule has 1 unspecified atom stereocenters. The highest BCUT2D eigenvalue weighted by Crippen LogP contribution is 2.25. The van der Waals surface area contributed by atoms with Crippen LogP contribution in [0.1, 0.15) is 62.8 Å². The zero-order chi connectivity index (χ0) is 15.2. The maximum atomic E-state index is 3.67. The number of benzene rings is 1. The molecule has 1 aromatic rings. The minimum Gasteiger partial charge on any atom is -0.310 e. The molecule has 0 saturated carbocycles. The summed E-state index contributed by atoms with van der Waals surface area (Å²) in [7, 11) is 2.21. The lowest BCUT2D eigenvalue weighted by molar-refractivity contribution is 0.267. The lowest BCUT2D eigenvalue weighted by Gasteiger charge is -2.21. The molecule has 2 nitrogen and oxygen atoms in total. The monoisotopic (exact) mass is 288 g/mol. The number of fused-ring (bicyclic) bond motifs is 1. The molecule has 2 heteroatoms. The Bertz CT molecular complexity index is 439. The molecule has 1 N–H and O–H groups in total. The van der Waals surface area contributed by atoms with E-state index in [2.05, 4.69) is 56.2 Å². The predicted molar refractivity (Wildman–Crippen MR) is 91.9 cm³/mol. The quantitative estimate of drug-likeness (QED) is 0.729. The molecule has 118 valence electrons. The first-order valence-electron chi connectivity index (χ1n) is 8.63. The first-order valence-corrected chi connectivity index (χ1v) is 8.63. The van der Waals surface area contributed by atoms with E-state index < -0.39 is 0 Å². The smallest absolute Gasteiger partial charge is 0.0291 e. The third-order valence-corrected chi connectivity index (χ3v) is 4.89. The van der Waals surface area contributed by atoms with Gasteiger partial charge in [-0.25, -0.2) is 0 Å². The minimum absolute atomic E-state index is 0.471. The van der Waals surface area contributed by atoms with Crippen LogP contribution in [0.2, 0.25) is 0 Å². The van der Waals surface area contributed by atoms with Crippen molar-refractivity contribution in [3.8, 4) is 0 Å². The van der Waals surface area contributed by atoms with Crippen molar-refractivity contribution in [2.24, 2.45) is 0 Å². The van der Waals surface area contributed by atoms with Gasteiger partial charge in [0.25, 0.3) is 0 Å². The Morgan fingerprint density at radius 3 is 2.62 bits per heavy atom. The van der Waals surface area contributed by atoms with Crippen molar-refractivity contribution in [2.75, 3.05) is 20.1 Å². The Morgan fingerprint density at radius 1 is 1.10 bits per heavy atom. The van der Waals surface area contributed by atoms with Gasteiger partial charge in [-0.05, 0) is 89.7 Å². The van der Waals surface area contributed by atoms with Gasteiger partial charge in [-0.1, -0.05) is 18.2 Å². The van der Waals surface area contributed by atoms with Gasteiger partial charge in [0.1, 0.15) is 0 Å². The highest BCUT2D eigenvalue weighted by Gasteiger charge is 2.13. The summed E-state index contributed by atoms with van der Waals surface area (Å²) in [4.78, 5) is 2.42. The predicted octanol–water partition coefficient (Wildman–Crippen LogP) is 3.95. The summed E-state index contributed by atoms with van der Waals surface area (Å²) in [6, 6.07) is 8.20. The van der Waals surface area contributed by atoms with Crippen LogP contribution in [0.5, 0.6) is 0 Å². The fraction of sp³-hybridized carbons (Fsp3) is 0.684. The summed E-state index contributed by atoms with van der Waals surface area (Å²) in [5, 5.41) is 3.67. The van der Waals surface area contributed by atoms with Crippen LogP contribution in [0.25, 0.3) is 0 Å². The molecule has 0 heterocycles. The van der Waals surface area contributed by atoms with Crippen LogP contribution in [-0.2, 0) is 12.8 Å². The van der Waals surface area contributed by atoms with Gasteiger partial charge in [0.15, 0.2) is 0 Å². The second-order valence-corrected chi connectivity index (χ2v) is 6.84. The first kappa shape index (κ1) is 16.5. The van der Waals surface area contributed by atoms with E-state index in [0.29, 0.717) is 12.1 Å². The highest BCUT2D eigenvalue weighted by atomic mass is 15.1. The Hall–Kier alpha value is -0.860. The molecule has 1 aliphatic carbocycles. The van der Waals surface area contributed by atoms with E-state index in [1.54, 1.807) is 11.1 Å². The molecule has 1 atom stereocenters. The molecule has 0 radical (unpaired) electrons. The summed E-state index contributed by atoms with van der Waals surface area (Å²) in [5.74, 6) is 0. The van der Waals surface area contributed by atoms with E-state index >= 15 is 0 Å². The third kappa shape index (κ3) is 4.82.